The van der Waals surface area contributed by atoms with Gasteiger partial charge in [-0.15, -0.1) is 0 Å². The number of nitrogens with one attached hydrogen (secondary N) is 1. The lowest BCUT2D eigenvalue weighted by Crippen LogP contribution is -2.52. The van der Waals surface area contributed by atoms with Gasteiger partial charge in [-0.05, 0) is 44.6 Å². The van der Waals surface area contributed by atoms with Crippen LogP contribution in [0.4, 0.5) is 5.69 Å². The Morgan fingerprint density at radius 3 is 2.55 bits per heavy atom. The van der Waals surface area contributed by atoms with Crippen LogP contribution in [0.5, 0.6) is 0 Å². The Labute approximate surface area is 126 Å². The summed E-state index contributed by atoms with van der Waals surface area (Å²) in [5.74, 6) is 0.378. The SMILES string of the molecule is CCN(C(=S)NC1(C)CCS(=O)(=O)C1)c1ccccc1. The van der Waals surface area contributed by atoms with E-state index in [1.807, 2.05) is 49.1 Å². The molecule has 20 heavy (non-hydrogen) atoms. The van der Waals surface area contributed by atoms with Crippen molar-refractivity contribution in [1.29, 1.82) is 0 Å². The van der Waals surface area contributed by atoms with E-state index in [0.717, 1.165) is 12.2 Å². The number of hydrogen-bond donors (Lipinski definition) is 1. The van der Waals surface area contributed by atoms with Crippen molar-refractivity contribution < 1.29 is 8.42 Å². The summed E-state index contributed by atoms with van der Waals surface area (Å²) in [4.78, 5) is 1.98. The minimum atomic E-state index is -2.94. The van der Waals surface area contributed by atoms with Crippen molar-refractivity contribution in [1.82, 2.24) is 5.32 Å². The Kier molecular flexibility index (Phi) is 4.34. The fourth-order valence-electron chi connectivity index (χ4n) is 2.49. The summed E-state index contributed by atoms with van der Waals surface area (Å²) in [5.41, 5.74) is 0.551. The van der Waals surface area contributed by atoms with E-state index in [0.29, 0.717) is 11.5 Å². The van der Waals surface area contributed by atoms with E-state index >= 15 is 0 Å². The molecule has 0 radical (unpaired) electrons. The first-order chi connectivity index (χ1) is 9.35. The molecule has 1 N–H and O–H groups in total. The lowest BCUT2D eigenvalue weighted by molar-refractivity contribution is 0.471. The minimum Gasteiger partial charge on any atom is -0.356 e. The van der Waals surface area contributed by atoms with E-state index in [-0.39, 0.29) is 11.5 Å². The first-order valence-electron chi connectivity index (χ1n) is 6.70. The average Bonchev–Trinajstić information content (AvgIpc) is 2.65. The second-order valence-electron chi connectivity index (χ2n) is 5.41. The summed E-state index contributed by atoms with van der Waals surface area (Å²) in [6, 6.07) is 9.86. The second-order valence-corrected chi connectivity index (χ2v) is 7.98. The highest BCUT2D eigenvalue weighted by atomic mass is 32.2. The number of rotatable bonds is 3. The lowest BCUT2D eigenvalue weighted by Gasteiger charge is -2.31. The monoisotopic (exact) mass is 312 g/mol. The molecule has 0 spiro atoms. The van der Waals surface area contributed by atoms with E-state index in [4.69, 9.17) is 12.2 Å². The van der Waals surface area contributed by atoms with Gasteiger partial charge in [-0.1, -0.05) is 18.2 Å². The number of para-hydroxylation sites is 1. The summed E-state index contributed by atoms with van der Waals surface area (Å²) >= 11 is 5.46. The molecule has 1 saturated heterocycles. The van der Waals surface area contributed by atoms with Crippen molar-refractivity contribution in [2.75, 3.05) is 23.0 Å². The smallest absolute Gasteiger partial charge is 0.173 e. The maximum absolute atomic E-state index is 11.6. The Morgan fingerprint density at radius 1 is 1.40 bits per heavy atom. The van der Waals surface area contributed by atoms with Gasteiger partial charge in [-0.2, -0.15) is 0 Å². The fraction of sp³-hybridized carbons (Fsp3) is 0.500. The van der Waals surface area contributed by atoms with Crippen molar-refractivity contribution in [2.45, 2.75) is 25.8 Å². The molecule has 0 saturated carbocycles. The Hall–Kier alpha value is -1.14. The highest BCUT2D eigenvalue weighted by Crippen LogP contribution is 2.24. The zero-order valence-corrected chi connectivity index (χ0v) is 13.4. The molecule has 1 aromatic rings. The zero-order chi connectivity index (χ0) is 14.8. The van der Waals surface area contributed by atoms with Crippen LogP contribution >= 0.6 is 12.2 Å². The predicted molar refractivity (Wildman–Crippen MR) is 86.9 cm³/mol. The minimum absolute atomic E-state index is 0.145. The van der Waals surface area contributed by atoms with Crippen LogP contribution in [0.15, 0.2) is 30.3 Å². The van der Waals surface area contributed by atoms with Gasteiger partial charge >= 0.3 is 0 Å². The summed E-state index contributed by atoms with van der Waals surface area (Å²) in [5, 5.41) is 3.82. The largest absolute Gasteiger partial charge is 0.356 e. The standard InChI is InChI=1S/C14H20N2O2S2/c1-3-16(12-7-5-4-6-8-12)13(19)15-14(2)9-10-20(17,18)11-14/h4-8H,3,9-11H2,1-2H3,(H,15,19). The molecule has 2 rings (SSSR count). The van der Waals surface area contributed by atoms with Gasteiger partial charge < -0.3 is 10.2 Å². The van der Waals surface area contributed by atoms with Crippen LogP contribution in [0.3, 0.4) is 0 Å². The van der Waals surface area contributed by atoms with Gasteiger partial charge in [-0.25, -0.2) is 8.42 Å². The third kappa shape index (κ3) is 3.49. The normalized spacial score (nSPS) is 24.3. The van der Waals surface area contributed by atoms with Crippen molar-refractivity contribution in [3.05, 3.63) is 30.3 Å². The third-order valence-electron chi connectivity index (χ3n) is 3.54. The van der Waals surface area contributed by atoms with E-state index in [9.17, 15) is 8.42 Å². The van der Waals surface area contributed by atoms with Gasteiger partial charge in [0.25, 0.3) is 0 Å². The van der Waals surface area contributed by atoms with Gasteiger partial charge in [0.15, 0.2) is 14.9 Å². The molecular weight excluding hydrogens is 292 g/mol. The van der Waals surface area contributed by atoms with Crippen molar-refractivity contribution in [3.8, 4) is 0 Å². The molecule has 0 bridgehead atoms. The molecule has 0 amide bonds. The highest BCUT2D eigenvalue weighted by Gasteiger charge is 2.39. The van der Waals surface area contributed by atoms with E-state index in [2.05, 4.69) is 5.32 Å². The molecular formula is C14H20N2O2S2. The van der Waals surface area contributed by atoms with E-state index in [1.165, 1.54) is 0 Å². The van der Waals surface area contributed by atoms with Crippen LogP contribution in [0.1, 0.15) is 20.3 Å². The average molecular weight is 312 g/mol. The maximum atomic E-state index is 11.6. The van der Waals surface area contributed by atoms with Crippen LogP contribution in [0.25, 0.3) is 0 Å². The molecule has 1 aliphatic rings. The van der Waals surface area contributed by atoms with Crippen molar-refractivity contribution in [2.24, 2.45) is 0 Å². The quantitative estimate of drug-likeness (QED) is 0.865. The zero-order valence-electron chi connectivity index (χ0n) is 11.8. The maximum Gasteiger partial charge on any atom is 0.173 e. The second kappa shape index (κ2) is 5.69. The van der Waals surface area contributed by atoms with Gasteiger partial charge in [-0.3, -0.25) is 0 Å². The van der Waals surface area contributed by atoms with E-state index in [1.54, 1.807) is 0 Å². The molecule has 0 aromatic heterocycles. The lowest BCUT2D eigenvalue weighted by atomic mass is 10.0. The summed E-state index contributed by atoms with van der Waals surface area (Å²) in [7, 11) is -2.94. The van der Waals surface area contributed by atoms with Crippen molar-refractivity contribution in [3.63, 3.8) is 0 Å². The summed E-state index contributed by atoms with van der Waals surface area (Å²) < 4.78 is 23.3. The van der Waals surface area contributed by atoms with E-state index < -0.39 is 15.4 Å². The van der Waals surface area contributed by atoms with Crippen LogP contribution in [0, 0.1) is 0 Å². The molecule has 1 aromatic carbocycles. The molecule has 0 aliphatic carbocycles. The number of benzene rings is 1. The number of nitrogens with zero attached hydrogens (tertiary/aromatic N) is 1. The molecule has 110 valence electrons. The first kappa shape index (κ1) is 15.3. The number of hydrogen-bond acceptors (Lipinski definition) is 3. The predicted octanol–water partition coefficient (Wildman–Crippen LogP) is 1.96. The van der Waals surface area contributed by atoms with Gasteiger partial charge in [0.1, 0.15) is 0 Å². The van der Waals surface area contributed by atoms with Crippen LogP contribution < -0.4 is 10.2 Å². The topological polar surface area (TPSA) is 49.4 Å². The van der Waals surface area contributed by atoms with Gasteiger partial charge in [0, 0.05) is 12.2 Å². The van der Waals surface area contributed by atoms with Gasteiger partial charge in [0.2, 0.25) is 0 Å². The van der Waals surface area contributed by atoms with Crippen LogP contribution in [0.2, 0.25) is 0 Å². The number of sulfone groups is 1. The Bertz CT molecular complexity index is 586. The molecule has 1 heterocycles. The number of anilines is 1. The molecule has 6 heteroatoms. The van der Waals surface area contributed by atoms with Crippen LogP contribution in [-0.4, -0.2) is 37.1 Å². The van der Waals surface area contributed by atoms with Gasteiger partial charge in [0.05, 0.1) is 17.0 Å². The Balaban J connectivity index is 2.11. The summed E-state index contributed by atoms with van der Waals surface area (Å²) in [6.45, 7) is 4.68. The molecule has 4 nitrogen and oxygen atoms in total. The van der Waals surface area contributed by atoms with Crippen molar-refractivity contribution >= 4 is 32.9 Å². The molecule has 1 atom stereocenters. The van der Waals surface area contributed by atoms with Crippen LogP contribution in [-0.2, 0) is 9.84 Å². The first-order valence-corrected chi connectivity index (χ1v) is 8.93. The molecule has 1 aliphatic heterocycles. The highest BCUT2D eigenvalue weighted by molar-refractivity contribution is 7.91. The summed E-state index contributed by atoms with van der Waals surface area (Å²) in [6.07, 6.45) is 0.599. The Morgan fingerprint density at radius 2 is 2.05 bits per heavy atom. The number of thiocarbonyl (C=S) groups is 1. The molecule has 1 unspecified atom stereocenters. The fourth-order valence-corrected chi connectivity index (χ4v) is 5.06. The third-order valence-corrected chi connectivity index (χ3v) is 5.77. The molecule has 1 fully saturated rings.